The number of hydrogen-bond donors (Lipinski definition) is 0. The van der Waals surface area contributed by atoms with Gasteiger partial charge < -0.3 is 14.4 Å². The minimum Gasteiger partial charge on any atom is -0.464 e. The third-order valence-corrected chi connectivity index (χ3v) is 5.58. The number of amides is 2. The van der Waals surface area contributed by atoms with Crippen molar-refractivity contribution in [1.29, 1.82) is 0 Å². The quantitative estimate of drug-likeness (QED) is 0.640. The number of piperidine rings is 1. The molecule has 2 aliphatic rings. The first-order valence-electron chi connectivity index (χ1n) is 10.4. The molecule has 1 atom stereocenters. The molecule has 0 unspecified atom stereocenters. The molecule has 0 spiro atoms. The SMILES string of the molecule is CCOC(=O)[C@@H]1COC(=O)N1C1CCN(C(=O)Cn2ccc(-c3cccnc3)n2)CC1. The van der Waals surface area contributed by atoms with Crippen LogP contribution in [0, 0.1) is 0 Å². The number of ether oxygens (including phenoxy) is 2. The number of pyridine rings is 1. The summed E-state index contributed by atoms with van der Waals surface area (Å²) >= 11 is 0. The van der Waals surface area contributed by atoms with Crippen LogP contribution >= 0.6 is 0 Å². The second-order valence-corrected chi connectivity index (χ2v) is 7.50. The predicted octanol–water partition coefficient (Wildman–Crippen LogP) is 1.32. The Morgan fingerprint density at radius 1 is 1.26 bits per heavy atom. The molecule has 10 heteroatoms. The Morgan fingerprint density at radius 3 is 2.77 bits per heavy atom. The van der Waals surface area contributed by atoms with E-state index in [4.69, 9.17) is 9.47 Å². The van der Waals surface area contributed by atoms with Gasteiger partial charge in [-0.15, -0.1) is 0 Å². The van der Waals surface area contributed by atoms with E-state index in [9.17, 15) is 14.4 Å². The number of hydrogen-bond acceptors (Lipinski definition) is 7. The Labute approximate surface area is 179 Å². The molecule has 0 bridgehead atoms. The number of cyclic esters (lactones) is 1. The topological polar surface area (TPSA) is 107 Å². The van der Waals surface area contributed by atoms with Crippen molar-refractivity contribution in [3.63, 3.8) is 0 Å². The highest BCUT2D eigenvalue weighted by Gasteiger charge is 2.44. The summed E-state index contributed by atoms with van der Waals surface area (Å²) in [4.78, 5) is 44.4. The summed E-state index contributed by atoms with van der Waals surface area (Å²) in [6.07, 6.45) is 5.86. The maximum Gasteiger partial charge on any atom is 0.410 e. The fourth-order valence-electron chi connectivity index (χ4n) is 4.01. The molecule has 31 heavy (non-hydrogen) atoms. The summed E-state index contributed by atoms with van der Waals surface area (Å²) in [6.45, 7) is 3.13. The Kier molecular flexibility index (Phi) is 6.15. The maximum absolute atomic E-state index is 12.7. The van der Waals surface area contributed by atoms with Crippen LogP contribution in [-0.4, -0.2) is 80.9 Å². The first-order chi connectivity index (χ1) is 15.1. The van der Waals surface area contributed by atoms with Gasteiger partial charge in [-0.2, -0.15) is 5.10 Å². The van der Waals surface area contributed by atoms with Gasteiger partial charge in [-0.1, -0.05) is 0 Å². The van der Waals surface area contributed by atoms with E-state index in [1.54, 1.807) is 35.1 Å². The van der Waals surface area contributed by atoms with E-state index in [0.717, 1.165) is 11.3 Å². The zero-order valence-electron chi connectivity index (χ0n) is 17.3. The standard InChI is InChI=1S/C21H25N5O5/c1-2-30-20(28)18-14-31-21(29)26(18)16-5-9-24(10-6-16)19(27)13-25-11-7-17(23-25)15-4-3-8-22-12-15/h3-4,7-8,11-12,16,18H,2,5-6,9-10,13-14H2,1H3/t18-/m0/s1. The van der Waals surface area contributed by atoms with E-state index >= 15 is 0 Å². The molecule has 0 N–H and O–H groups in total. The van der Waals surface area contributed by atoms with E-state index in [-0.39, 0.29) is 31.7 Å². The van der Waals surface area contributed by atoms with Gasteiger partial charge in [0, 0.05) is 43.3 Å². The Balaban J connectivity index is 1.32. The van der Waals surface area contributed by atoms with Gasteiger partial charge >= 0.3 is 12.1 Å². The van der Waals surface area contributed by atoms with Crippen molar-refractivity contribution in [3.05, 3.63) is 36.8 Å². The molecule has 2 amide bonds. The second kappa shape index (κ2) is 9.15. The van der Waals surface area contributed by atoms with E-state index in [0.29, 0.717) is 25.9 Å². The maximum atomic E-state index is 12.7. The molecule has 2 aliphatic heterocycles. The van der Waals surface area contributed by atoms with Crippen molar-refractivity contribution in [3.8, 4) is 11.3 Å². The van der Waals surface area contributed by atoms with E-state index in [2.05, 4.69) is 10.1 Å². The molecule has 0 radical (unpaired) electrons. The molecule has 10 nitrogen and oxygen atoms in total. The summed E-state index contributed by atoms with van der Waals surface area (Å²) in [5, 5.41) is 4.46. The van der Waals surface area contributed by atoms with Gasteiger partial charge in [-0.05, 0) is 38.0 Å². The van der Waals surface area contributed by atoms with Crippen LogP contribution in [0.4, 0.5) is 4.79 Å². The third-order valence-electron chi connectivity index (χ3n) is 5.58. The lowest BCUT2D eigenvalue weighted by atomic mass is 10.0. The zero-order chi connectivity index (χ0) is 21.8. The minimum atomic E-state index is -0.713. The number of rotatable bonds is 6. The number of aromatic nitrogens is 3. The molecular formula is C21H25N5O5. The van der Waals surface area contributed by atoms with Crippen LogP contribution in [-0.2, 0) is 25.6 Å². The molecule has 4 rings (SSSR count). The van der Waals surface area contributed by atoms with Gasteiger partial charge in [0.15, 0.2) is 6.04 Å². The average Bonchev–Trinajstić information content (AvgIpc) is 3.41. The molecule has 2 saturated heterocycles. The summed E-state index contributed by atoms with van der Waals surface area (Å²) in [6, 6.07) is 4.74. The molecule has 2 fully saturated rings. The molecule has 0 aromatic carbocycles. The predicted molar refractivity (Wildman–Crippen MR) is 109 cm³/mol. The monoisotopic (exact) mass is 427 g/mol. The summed E-state index contributed by atoms with van der Waals surface area (Å²) < 4.78 is 11.8. The number of esters is 1. The van der Waals surface area contributed by atoms with Gasteiger partial charge in [-0.25, -0.2) is 9.59 Å². The average molecular weight is 427 g/mol. The molecular weight excluding hydrogens is 402 g/mol. The van der Waals surface area contributed by atoms with Crippen LogP contribution in [0.2, 0.25) is 0 Å². The number of carbonyl (C=O) groups is 3. The number of carbonyl (C=O) groups excluding carboxylic acids is 3. The smallest absolute Gasteiger partial charge is 0.410 e. The fourth-order valence-corrected chi connectivity index (χ4v) is 4.01. The van der Waals surface area contributed by atoms with E-state index in [1.807, 2.05) is 18.2 Å². The molecule has 2 aromatic rings. The van der Waals surface area contributed by atoms with Gasteiger partial charge in [0.2, 0.25) is 5.91 Å². The zero-order valence-corrected chi connectivity index (χ0v) is 17.3. The highest BCUT2D eigenvalue weighted by Crippen LogP contribution is 2.25. The molecule has 0 aliphatic carbocycles. The lowest BCUT2D eigenvalue weighted by molar-refractivity contribution is -0.149. The van der Waals surface area contributed by atoms with Crippen molar-refractivity contribution in [2.45, 2.75) is 38.4 Å². The van der Waals surface area contributed by atoms with Crippen molar-refractivity contribution in [1.82, 2.24) is 24.6 Å². The molecule has 2 aromatic heterocycles. The number of nitrogens with zero attached hydrogens (tertiary/aromatic N) is 5. The van der Waals surface area contributed by atoms with Crippen molar-refractivity contribution in [2.75, 3.05) is 26.3 Å². The van der Waals surface area contributed by atoms with Gasteiger partial charge in [0.05, 0.1) is 12.3 Å². The number of likely N-dealkylation sites (tertiary alicyclic amines) is 1. The van der Waals surface area contributed by atoms with Crippen molar-refractivity contribution < 1.29 is 23.9 Å². The minimum absolute atomic E-state index is 0.00930. The molecule has 164 valence electrons. The summed E-state index contributed by atoms with van der Waals surface area (Å²) in [5.74, 6) is -0.486. The van der Waals surface area contributed by atoms with Gasteiger partial charge in [-0.3, -0.25) is 19.4 Å². The van der Waals surface area contributed by atoms with Crippen LogP contribution in [0.3, 0.4) is 0 Å². The Bertz CT molecular complexity index is 939. The van der Waals surface area contributed by atoms with E-state index in [1.165, 1.54) is 4.90 Å². The molecule has 0 saturated carbocycles. The van der Waals surface area contributed by atoms with E-state index < -0.39 is 18.1 Å². The highest BCUT2D eigenvalue weighted by molar-refractivity contribution is 5.84. The normalized spacial score (nSPS) is 19.4. The van der Waals surface area contributed by atoms with Crippen molar-refractivity contribution >= 4 is 18.0 Å². The van der Waals surface area contributed by atoms with Crippen LogP contribution in [0.1, 0.15) is 19.8 Å². The third kappa shape index (κ3) is 4.52. The van der Waals surface area contributed by atoms with Crippen LogP contribution in [0.25, 0.3) is 11.3 Å². The molecule has 4 heterocycles. The fraction of sp³-hybridized carbons (Fsp3) is 0.476. The second-order valence-electron chi connectivity index (χ2n) is 7.50. The van der Waals surface area contributed by atoms with Crippen LogP contribution < -0.4 is 0 Å². The van der Waals surface area contributed by atoms with Gasteiger partial charge in [0.1, 0.15) is 13.2 Å². The first kappa shape index (κ1) is 20.8. The summed E-state index contributed by atoms with van der Waals surface area (Å²) in [7, 11) is 0. The Hall–Kier alpha value is -3.43. The Morgan fingerprint density at radius 2 is 2.06 bits per heavy atom. The van der Waals surface area contributed by atoms with Gasteiger partial charge in [0.25, 0.3) is 0 Å². The first-order valence-corrected chi connectivity index (χ1v) is 10.4. The lowest BCUT2D eigenvalue weighted by Gasteiger charge is -2.37. The van der Waals surface area contributed by atoms with Crippen LogP contribution in [0.5, 0.6) is 0 Å². The lowest BCUT2D eigenvalue weighted by Crippen LogP contribution is -2.52. The van der Waals surface area contributed by atoms with Crippen molar-refractivity contribution in [2.24, 2.45) is 0 Å². The largest absolute Gasteiger partial charge is 0.464 e. The summed E-state index contributed by atoms with van der Waals surface area (Å²) in [5.41, 5.74) is 1.65. The van der Waals surface area contributed by atoms with Crippen LogP contribution in [0.15, 0.2) is 36.8 Å². The highest BCUT2D eigenvalue weighted by atomic mass is 16.6.